The molecule has 0 bridgehead atoms. The molecule has 0 aliphatic heterocycles. The van der Waals surface area contributed by atoms with Crippen molar-refractivity contribution in [2.75, 3.05) is 7.11 Å². The van der Waals surface area contributed by atoms with Gasteiger partial charge in [0, 0.05) is 17.0 Å². The van der Waals surface area contributed by atoms with Crippen LogP contribution in [0.1, 0.15) is 74.5 Å². The van der Waals surface area contributed by atoms with Crippen molar-refractivity contribution < 1.29 is 14.3 Å². The molecule has 35 heavy (non-hydrogen) atoms. The van der Waals surface area contributed by atoms with E-state index in [1.54, 1.807) is 6.08 Å². The SMILES string of the molecule is COC(=O)c1cc([C@H]2CC[C@H]3[C@@H]4CCC5=CC(=O)C=C[C@]5(C)[C@H]4CC[C@]23C)n(-c2ccccc2)n1. The highest BCUT2D eigenvalue weighted by Crippen LogP contribution is 2.67. The fraction of sp³-hybridized carbons (Fsp3) is 0.500. The summed E-state index contributed by atoms with van der Waals surface area (Å²) in [5.41, 5.74) is 4.01. The van der Waals surface area contributed by atoms with Gasteiger partial charge >= 0.3 is 5.97 Å². The number of fused-ring (bicyclic) bond motifs is 5. The summed E-state index contributed by atoms with van der Waals surface area (Å²) in [5.74, 6) is 1.99. The Labute approximate surface area is 207 Å². The highest BCUT2D eigenvalue weighted by molar-refractivity contribution is 6.01. The van der Waals surface area contributed by atoms with Crippen molar-refractivity contribution in [3.05, 3.63) is 71.6 Å². The van der Waals surface area contributed by atoms with Crippen LogP contribution < -0.4 is 0 Å². The summed E-state index contributed by atoms with van der Waals surface area (Å²) < 4.78 is 7.01. The molecule has 3 fully saturated rings. The maximum absolute atomic E-state index is 12.4. The molecular formula is C30H34N2O3. The lowest BCUT2D eigenvalue weighted by molar-refractivity contribution is -0.111. The summed E-state index contributed by atoms with van der Waals surface area (Å²) in [6.07, 6.45) is 12.8. The number of hydrogen-bond acceptors (Lipinski definition) is 4. The van der Waals surface area contributed by atoms with Crippen LogP contribution in [0.2, 0.25) is 0 Å². The Kier molecular flexibility index (Phi) is 5.17. The third-order valence-electron chi connectivity index (χ3n) is 10.0. The zero-order valence-corrected chi connectivity index (χ0v) is 20.9. The molecule has 6 rings (SSSR count). The molecule has 1 heterocycles. The summed E-state index contributed by atoms with van der Waals surface area (Å²) in [6.45, 7) is 4.85. The van der Waals surface area contributed by atoms with Gasteiger partial charge in [-0.25, -0.2) is 9.48 Å². The molecule has 0 N–H and O–H groups in total. The predicted octanol–water partition coefficient (Wildman–Crippen LogP) is 6.05. The number of ether oxygens (including phenoxy) is 1. The van der Waals surface area contributed by atoms with Gasteiger partial charge in [-0.05, 0) is 92.0 Å². The molecule has 2 aromatic rings. The van der Waals surface area contributed by atoms with Crippen LogP contribution in [0.25, 0.3) is 5.69 Å². The summed E-state index contributed by atoms with van der Waals surface area (Å²) >= 11 is 0. The summed E-state index contributed by atoms with van der Waals surface area (Å²) in [5, 5.41) is 4.71. The largest absolute Gasteiger partial charge is 0.464 e. The summed E-state index contributed by atoms with van der Waals surface area (Å²) in [4.78, 5) is 24.5. The number of carbonyl (C=O) groups excluding carboxylic acids is 2. The summed E-state index contributed by atoms with van der Waals surface area (Å²) in [6, 6.07) is 12.1. The fourth-order valence-electron chi connectivity index (χ4n) is 8.31. The summed E-state index contributed by atoms with van der Waals surface area (Å²) in [7, 11) is 1.41. The smallest absolute Gasteiger partial charge is 0.358 e. The van der Waals surface area contributed by atoms with Gasteiger partial charge in [0.1, 0.15) is 0 Å². The average molecular weight is 471 g/mol. The zero-order chi connectivity index (χ0) is 24.4. The number of allylic oxidation sites excluding steroid dienone is 4. The van der Waals surface area contributed by atoms with Crippen molar-refractivity contribution in [1.82, 2.24) is 9.78 Å². The van der Waals surface area contributed by atoms with Gasteiger partial charge in [0.2, 0.25) is 0 Å². The molecule has 3 saturated carbocycles. The van der Waals surface area contributed by atoms with Crippen LogP contribution in [0.5, 0.6) is 0 Å². The van der Waals surface area contributed by atoms with E-state index in [0.717, 1.165) is 30.6 Å². The number of esters is 1. The van der Waals surface area contributed by atoms with Crippen LogP contribution in [0.3, 0.4) is 0 Å². The van der Waals surface area contributed by atoms with Crippen molar-refractivity contribution in [1.29, 1.82) is 0 Å². The number of aromatic nitrogens is 2. The first-order chi connectivity index (χ1) is 16.8. The molecule has 0 unspecified atom stereocenters. The maximum atomic E-state index is 12.4. The molecule has 5 heteroatoms. The Bertz CT molecular complexity index is 1240. The predicted molar refractivity (Wildman–Crippen MR) is 134 cm³/mol. The molecule has 0 radical (unpaired) electrons. The molecule has 4 aliphatic carbocycles. The first-order valence-corrected chi connectivity index (χ1v) is 13.0. The zero-order valence-electron chi connectivity index (χ0n) is 20.9. The third kappa shape index (κ3) is 3.30. The van der Waals surface area contributed by atoms with Crippen LogP contribution in [-0.4, -0.2) is 28.6 Å². The van der Waals surface area contributed by atoms with Gasteiger partial charge in [0.05, 0.1) is 12.8 Å². The van der Waals surface area contributed by atoms with Crippen LogP contribution in [0.4, 0.5) is 0 Å². The number of methoxy groups -OCH3 is 1. The molecule has 0 spiro atoms. The number of benzene rings is 1. The third-order valence-corrected chi connectivity index (χ3v) is 10.0. The fourth-order valence-corrected chi connectivity index (χ4v) is 8.31. The first-order valence-electron chi connectivity index (χ1n) is 13.0. The minimum absolute atomic E-state index is 0.0140. The number of rotatable bonds is 3. The van der Waals surface area contributed by atoms with E-state index in [0.29, 0.717) is 29.4 Å². The highest BCUT2D eigenvalue weighted by atomic mass is 16.5. The van der Waals surface area contributed by atoms with Gasteiger partial charge in [-0.1, -0.05) is 43.7 Å². The van der Waals surface area contributed by atoms with Gasteiger partial charge in [-0.3, -0.25) is 4.79 Å². The normalized spacial score (nSPS) is 35.6. The van der Waals surface area contributed by atoms with Crippen molar-refractivity contribution in [2.24, 2.45) is 28.6 Å². The molecular weight excluding hydrogens is 436 g/mol. The lowest BCUT2D eigenvalue weighted by atomic mass is 9.47. The van der Waals surface area contributed by atoms with E-state index in [1.807, 2.05) is 35.0 Å². The van der Waals surface area contributed by atoms with Crippen LogP contribution in [0.15, 0.2) is 60.2 Å². The second kappa shape index (κ2) is 8.04. The molecule has 6 atom stereocenters. The van der Waals surface area contributed by atoms with Gasteiger partial charge < -0.3 is 4.74 Å². The Morgan fingerprint density at radius 2 is 1.89 bits per heavy atom. The number of hydrogen-bond donors (Lipinski definition) is 0. The van der Waals surface area contributed by atoms with Gasteiger partial charge in [0.25, 0.3) is 0 Å². The number of nitrogens with zero attached hydrogens (tertiary/aromatic N) is 2. The molecule has 182 valence electrons. The average Bonchev–Trinajstić information content (AvgIpc) is 3.45. The minimum atomic E-state index is -0.387. The van der Waals surface area contributed by atoms with Crippen molar-refractivity contribution >= 4 is 11.8 Å². The molecule has 1 aromatic carbocycles. The maximum Gasteiger partial charge on any atom is 0.358 e. The van der Waals surface area contributed by atoms with Gasteiger partial charge in [-0.15, -0.1) is 0 Å². The van der Waals surface area contributed by atoms with E-state index >= 15 is 0 Å². The van der Waals surface area contributed by atoms with Crippen LogP contribution in [-0.2, 0) is 9.53 Å². The molecule has 4 aliphatic rings. The lowest BCUT2D eigenvalue weighted by Crippen LogP contribution is -2.49. The monoisotopic (exact) mass is 470 g/mol. The van der Waals surface area contributed by atoms with E-state index in [2.05, 4.69) is 32.1 Å². The van der Waals surface area contributed by atoms with Crippen molar-refractivity contribution in [3.8, 4) is 5.69 Å². The standard InChI is InChI=1S/C30H34N2O3/c1-29-15-13-21(33)17-19(29)9-10-22-23-11-12-25(30(23,2)16-14-24(22)29)27-18-26(28(34)35-3)31-32(27)20-7-5-4-6-8-20/h4-8,13,15,17-18,22-25H,9-12,14,16H2,1-3H3/t22-,23-,24-,25+,29-,30-/m0/s1. The van der Waals surface area contributed by atoms with E-state index in [9.17, 15) is 9.59 Å². The topological polar surface area (TPSA) is 61.2 Å². The first kappa shape index (κ1) is 22.5. The molecule has 5 nitrogen and oxygen atoms in total. The lowest BCUT2D eigenvalue weighted by Gasteiger charge is -2.57. The van der Waals surface area contributed by atoms with Crippen LogP contribution >= 0.6 is 0 Å². The van der Waals surface area contributed by atoms with Crippen LogP contribution in [0, 0.1) is 28.6 Å². The van der Waals surface area contributed by atoms with Gasteiger partial charge in [-0.2, -0.15) is 5.10 Å². The van der Waals surface area contributed by atoms with E-state index < -0.39 is 0 Å². The molecule has 1 aromatic heterocycles. The molecule has 0 amide bonds. The second-order valence-corrected chi connectivity index (χ2v) is 11.5. The number of ketones is 1. The van der Waals surface area contributed by atoms with Crippen molar-refractivity contribution in [3.63, 3.8) is 0 Å². The van der Waals surface area contributed by atoms with E-state index in [4.69, 9.17) is 9.84 Å². The minimum Gasteiger partial charge on any atom is -0.464 e. The van der Waals surface area contributed by atoms with Crippen molar-refractivity contribution in [2.45, 2.75) is 58.3 Å². The second-order valence-electron chi connectivity index (χ2n) is 11.5. The number of para-hydroxylation sites is 1. The Morgan fingerprint density at radius 3 is 2.66 bits per heavy atom. The quantitative estimate of drug-likeness (QED) is 0.512. The Balaban J connectivity index is 1.37. The van der Waals surface area contributed by atoms with Gasteiger partial charge in [0.15, 0.2) is 11.5 Å². The van der Waals surface area contributed by atoms with E-state index in [1.165, 1.54) is 31.9 Å². The highest BCUT2D eigenvalue weighted by Gasteiger charge is 2.59. The molecule has 0 saturated heterocycles. The Morgan fingerprint density at radius 1 is 1.09 bits per heavy atom. The Hall–Kier alpha value is -2.95. The number of carbonyl (C=O) groups is 2. The van der Waals surface area contributed by atoms with E-state index in [-0.39, 0.29) is 22.6 Å².